The van der Waals surface area contributed by atoms with E-state index >= 15 is 0 Å². The summed E-state index contributed by atoms with van der Waals surface area (Å²) < 4.78 is 1.90. The van der Waals surface area contributed by atoms with Gasteiger partial charge in [0, 0.05) is 11.3 Å². The van der Waals surface area contributed by atoms with Crippen LogP contribution in [0, 0.1) is 6.92 Å². The number of anilines is 1. The lowest BCUT2D eigenvalue weighted by Gasteiger charge is -2.25. The van der Waals surface area contributed by atoms with Gasteiger partial charge in [-0.25, -0.2) is 4.68 Å². The van der Waals surface area contributed by atoms with Crippen molar-refractivity contribution in [3.05, 3.63) is 23.8 Å². The Morgan fingerprint density at radius 2 is 2.05 bits per heavy atom. The lowest BCUT2D eigenvalue weighted by Crippen LogP contribution is -2.28. The van der Waals surface area contributed by atoms with Crippen LogP contribution in [0.5, 0.6) is 0 Å². The van der Waals surface area contributed by atoms with Crippen molar-refractivity contribution in [3.63, 3.8) is 0 Å². The minimum atomic E-state index is -0.107. The standard InChI is InChI=1S/C14H21N5/c1-5-9-14(3,4)19-13(16-17-18-19)11-7-6-8-12(15)10(11)2/h6-8H,5,9,15H2,1-4H3. The Kier molecular flexibility index (Phi) is 3.55. The fourth-order valence-electron chi connectivity index (χ4n) is 2.38. The second-order valence-corrected chi connectivity index (χ2v) is 5.50. The summed E-state index contributed by atoms with van der Waals surface area (Å²) in [4.78, 5) is 0. The largest absolute Gasteiger partial charge is 0.398 e. The fraction of sp³-hybridized carbons (Fsp3) is 0.500. The molecule has 5 nitrogen and oxygen atoms in total. The van der Waals surface area contributed by atoms with Crippen molar-refractivity contribution in [1.82, 2.24) is 20.2 Å². The normalized spacial score (nSPS) is 11.8. The van der Waals surface area contributed by atoms with E-state index in [0.29, 0.717) is 0 Å². The molecule has 0 bridgehead atoms. The quantitative estimate of drug-likeness (QED) is 0.857. The molecule has 0 saturated carbocycles. The summed E-state index contributed by atoms with van der Waals surface area (Å²) in [5.41, 5.74) is 8.64. The topological polar surface area (TPSA) is 69.6 Å². The molecule has 5 heteroatoms. The van der Waals surface area contributed by atoms with Crippen LogP contribution in [0.3, 0.4) is 0 Å². The molecule has 1 aromatic heterocycles. The lowest BCUT2D eigenvalue weighted by molar-refractivity contribution is 0.290. The van der Waals surface area contributed by atoms with Gasteiger partial charge in [-0.1, -0.05) is 25.5 Å². The third-order valence-electron chi connectivity index (χ3n) is 3.52. The number of benzene rings is 1. The van der Waals surface area contributed by atoms with Gasteiger partial charge < -0.3 is 5.73 Å². The van der Waals surface area contributed by atoms with E-state index in [1.54, 1.807) is 0 Å². The van der Waals surface area contributed by atoms with E-state index in [9.17, 15) is 0 Å². The molecule has 0 aliphatic carbocycles. The SMILES string of the molecule is CCCC(C)(C)n1nnnc1-c1cccc(N)c1C. The van der Waals surface area contributed by atoms with E-state index in [-0.39, 0.29) is 5.54 Å². The number of tetrazole rings is 1. The number of rotatable bonds is 4. The maximum atomic E-state index is 5.97. The van der Waals surface area contributed by atoms with Crippen molar-refractivity contribution in [2.75, 3.05) is 5.73 Å². The molecule has 0 atom stereocenters. The Bertz CT molecular complexity index is 571. The van der Waals surface area contributed by atoms with E-state index in [4.69, 9.17) is 5.73 Å². The highest BCUT2D eigenvalue weighted by Gasteiger charge is 2.25. The van der Waals surface area contributed by atoms with E-state index in [0.717, 1.165) is 35.5 Å². The zero-order valence-corrected chi connectivity index (χ0v) is 12.0. The first-order valence-electron chi connectivity index (χ1n) is 6.61. The minimum absolute atomic E-state index is 0.107. The lowest BCUT2D eigenvalue weighted by atomic mass is 9.98. The van der Waals surface area contributed by atoms with Crippen LogP contribution in [0.2, 0.25) is 0 Å². The van der Waals surface area contributed by atoms with Crippen LogP contribution in [-0.4, -0.2) is 20.2 Å². The number of hydrogen-bond donors (Lipinski definition) is 1. The van der Waals surface area contributed by atoms with Gasteiger partial charge in [-0.2, -0.15) is 0 Å². The summed E-state index contributed by atoms with van der Waals surface area (Å²) in [6.07, 6.45) is 2.11. The van der Waals surface area contributed by atoms with Crippen molar-refractivity contribution in [2.24, 2.45) is 0 Å². The second-order valence-electron chi connectivity index (χ2n) is 5.50. The van der Waals surface area contributed by atoms with Crippen LogP contribution in [0.15, 0.2) is 18.2 Å². The van der Waals surface area contributed by atoms with Gasteiger partial charge in [0.05, 0.1) is 5.54 Å². The number of nitrogens with two attached hydrogens (primary N) is 1. The number of nitrogen functional groups attached to an aromatic ring is 1. The number of hydrogen-bond acceptors (Lipinski definition) is 4. The molecular weight excluding hydrogens is 238 g/mol. The van der Waals surface area contributed by atoms with E-state index in [1.807, 2.05) is 29.8 Å². The first-order valence-corrected chi connectivity index (χ1v) is 6.61. The summed E-state index contributed by atoms with van der Waals surface area (Å²) in [6.45, 7) is 8.46. The molecule has 0 fully saturated rings. The van der Waals surface area contributed by atoms with Crippen LogP contribution in [0.4, 0.5) is 5.69 Å². The monoisotopic (exact) mass is 259 g/mol. The molecule has 0 spiro atoms. The zero-order chi connectivity index (χ0) is 14.0. The molecule has 0 amide bonds. The number of aromatic nitrogens is 4. The van der Waals surface area contributed by atoms with Crippen molar-refractivity contribution < 1.29 is 0 Å². The van der Waals surface area contributed by atoms with Crippen molar-refractivity contribution in [2.45, 2.75) is 46.1 Å². The second kappa shape index (κ2) is 4.99. The Labute approximate surface area is 113 Å². The molecule has 2 N–H and O–H groups in total. The highest BCUT2D eigenvalue weighted by Crippen LogP contribution is 2.29. The molecule has 0 radical (unpaired) electrons. The van der Waals surface area contributed by atoms with Crippen molar-refractivity contribution in [1.29, 1.82) is 0 Å². The third-order valence-corrected chi connectivity index (χ3v) is 3.52. The molecule has 2 rings (SSSR count). The van der Waals surface area contributed by atoms with E-state index in [2.05, 4.69) is 36.3 Å². The summed E-state index contributed by atoms with van der Waals surface area (Å²) in [5.74, 6) is 0.781. The summed E-state index contributed by atoms with van der Waals surface area (Å²) in [6, 6.07) is 5.84. The summed E-state index contributed by atoms with van der Waals surface area (Å²) in [5, 5.41) is 12.2. The van der Waals surface area contributed by atoms with Gasteiger partial charge in [0.25, 0.3) is 0 Å². The average Bonchev–Trinajstić information content (AvgIpc) is 2.82. The van der Waals surface area contributed by atoms with Gasteiger partial charge >= 0.3 is 0 Å². The zero-order valence-electron chi connectivity index (χ0n) is 12.0. The maximum Gasteiger partial charge on any atom is 0.182 e. The summed E-state index contributed by atoms with van der Waals surface area (Å²) >= 11 is 0. The maximum absolute atomic E-state index is 5.97. The van der Waals surface area contributed by atoms with Gasteiger partial charge in [-0.05, 0) is 49.2 Å². The smallest absolute Gasteiger partial charge is 0.182 e. The van der Waals surface area contributed by atoms with Gasteiger partial charge in [0.2, 0.25) is 0 Å². The predicted octanol–water partition coefficient (Wildman–Crippen LogP) is 2.77. The highest BCUT2D eigenvalue weighted by molar-refractivity contribution is 5.67. The first kappa shape index (κ1) is 13.5. The van der Waals surface area contributed by atoms with Crippen molar-refractivity contribution in [3.8, 4) is 11.4 Å². The van der Waals surface area contributed by atoms with Crippen LogP contribution >= 0.6 is 0 Å². The molecule has 1 heterocycles. The molecule has 0 unspecified atom stereocenters. The Hall–Kier alpha value is -1.91. The fourth-order valence-corrected chi connectivity index (χ4v) is 2.38. The van der Waals surface area contributed by atoms with E-state index < -0.39 is 0 Å². The Morgan fingerprint density at radius 1 is 1.32 bits per heavy atom. The molecular formula is C14H21N5. The highest BCUT2D eigenvalue weighted by atomic mass is 15.6. The molecule has 2 aromatic rings. The average molecular weight is 259 g/mol. The van der Waals surface area contributed by atoms with E-state index in [1.165, 1.54) is 0 Å². The molecule has 0 aliphatic heterocycles. The van der Waals surface area contributed by atoms with Gasteiger partial charge in [-0.15, -0.1) is 5.10 Å². The molecule has 1 aromatic carbocycles. The minimum Gasteiger partial charge on any atom is -0.398 e. The predicted molar refractivity (Wildman–Crippen MR) is 76.6 cm³/mol. The van der Waals surface area contributed by atoms with Gasteiger partial charge in [-0.3, -0.25) is 0 Å². The number of nitrogens with zero attached hydrogens (tertiary/aromatic N) is 4. The Balaban J connectivity index is 2.53. The van der Waals surface area contributed by atoms with Crippen LogP contribution < -0.4 is 5.73 Å². The molecule has 102 valence electrons. The van der Waals surface area contributed by atoms with Gasteiger partial charge in [0.1, 0.15) is 0 Å². The Morgan fingerprint density at radius 3 is 2.74 bits per heavy atom. The molecule has 0 saturated heterocycles. The third kappa shape index (κ3) is 2.45. The van der Waals surface area contributed by atoms with Gasteiger partial charge in [0.15, 0.2) is 5.82 Å². The van der Waals surface area contributed by atoms with Crippen molar-refractivity contribution >= 4 is 5.69 Å². The summed E-state index contributed by atoms with van der Waals surface area (Å²) in [7, 11) is 0. The molecule has 19 heavy (non-hydrogen) atoms. The van der Waals surface area contributed by atoms with Crippen LogP contribution in [0.1, 0.15) is 39.2 Å². The molecule has 0 aliphatic rings. The van der Waals surface area contributed by atoms with Crippen LogP contribution in [-0.2, 0) is 5.54 Å². The first-order chi connectivity index (χ1) is 8.97. The van der Waals surface area contributed by atoms with Crippen LogP contribution in [0.25, 0.3) is 11.4 Å².